The van der Waals surface area contributed by atoms with Gasteiger partial charge in [-0.1, -0.05) is 48.9 Å². The molecule has 2 aromatic rings. The predicted molar refractivity (Wildman–Crippen MR) is 98.8 cm³/mol. The molecule has 134 valence electrons. The maximum atomic E-state index is 13.1. The van der Waals surface area contributed by atoms with E-state index in [-0.39, 0.29) is 23.7 Å². The van der Waals surface area contributed by atoms with Gasteiger partial charge in [0, 0.05) is 12.5 Å². The van der Waals surface area contributed by atoms with Crippen molar-refractivity contribution in [3.05, 3.63) is 48.0 Å². The first-order valence-corrected chi connectivity index (χ1v) is 9.66. The van der Waals surface area contributed by atoms with Crippen LogP contribution < -0.4 is 0 Å². The van der Waals surface area contributed by atoms with Gasteiger partial charge < -0.3 is 10.0 Å². The summed E-state index contributed by atoms with van der Waals surface area (Å²) in [6, 6.07) is 13.9. The molecule has 2 aromatic carbocycles. The number of fused-ring (bicyclic) bond motifs is 2. The fourth-order valence-electron chi connectivity index (χ4n) is 5.45. The van der Waals surface area contributed by atoms with E-state index in [0.29, 0.717) is 12.5 Å². The number of hydrogen-bond donors (Lipinski definition) is 1. The summed E-state index contributed by atoms with van der Waals surface area (Å²) in [4.78, 5) is 26.7. The van der Waals surface area contributed by atoms with Gasteiger partial charge in [0.2, 0.25) is 5.91 Å². The normalized spacial score (nSPS) is 32.6. The van der Waals surface area contributed by atoms with Crippen LogP contribution in [-0.4, -0.2) is 34.5 Å². The monoisotopic (exact) mass is 349 g/mol. The molecule has 4 nitrogen and oxygen atoms in total. The zero-order chi connectivity index (χ0) is 17.8. The van der Waals surface area contributed by atoms with Crippen molar-refractivity contribution in [2.75, 3.05) is 6.54 Å². The molecule has 0 radical (unpaired) electrons. The molecule has 0 spiro atoms. The number of aliphatic carboxylic acids is 1. The molecule has 5 unspecified atom stereocenters. The van der Waals surface area contributed by atoms with Crippen molar-refractivity contribution in [1.82, 2.24) is 4.90 Å². The molecule has 0 aromatic heterocycles. The molecule has 4 heteroatoms. The van der Waals surface area contributed by atoms with Gasteiger partial charge in [0.05, 0.1) is 0 Å². The van der Waals surface area contributed by atoms with Crippen LogP contribution in [0.1, 0.15) is 37.2 Å². The van der Waals surface area contributed by atoms with Gasteiger partial charge in [-0.05, 0) is 53.4 Å². The quantitative estimate of drug-likeness (QED) is 0.920. The van der Waals surface area contributed by atoms with Gasteiger partial charge in [0.25, 0.3) is 0 Å². The van der Waals surface area contributed by atoms with Gasteiger partial charge in [-0.25, -0.2) is 4.79 Å². The molecule has 1 saturated heterocycles. The second kappa shape index (κ2) is 5.83. The number of amides is 1. The lowest BCUT2D eigenvalue weighted by Gasteiger charge is -2.24. The minimum Gasteiger partial charge on any atom is -0.480 e. The van der Waals surface area contributed by atoms with Crippen molar-refractivity contribution < 1.29 is 14.7 Å². The van der Waals surface area contributed by atoms with E-state index in [9.17, 15) is 14.7 Å². The fourth-order valence-corrected chi connectivity index (χ4v) is 5.45. The van der Waals surface area contributed by atoms with Crippen molar-refractivity contribution in [2.45, 2.75) is 37.6 Å². The van der Waals surface area contributed by atoms with Gasteiger partial charge in [0.15, 0.2) is 0 Å². The minimum absolute atomic E-state index is 0.0542. The van der Waals surface area contributed by atoms with E-state index in [1.54, 1.807) is 4.90 Å². The van der Waals surface area contributed by atoms with Gasteiger partial charge in [-0.3, -0.25) is 4.79 Å². The number of carbonyl (C=O) groups excluding carboxylic acids is 1. The first-order chi connectivity index (χ1) is 12.6. The summed E-state index contributed by atoms with van der Waals surface area (Å²) in [7, 11) is 0. The third-order valence-electron chi connectivity index (χ3n) is 6.76. The van der Waals surface area contributed by atoms with Crippen LogP contribution in [0.4, 0.5) is 0 Å². The third-order valence-corrected chi connectivity index (χ3v) is 6.76. The van der Waals surface area contributed by atoms with Crippen molar-refractivity contribution in [1.29, 1.82) is 0 Å². The molecule has 5 rings (SSSR count). The Hall–Kier alpha value is -2.36. The van der Waals surface area contributed by atoms with Crippen LogP contribution in [0.15, 0.2) is 42.5 Å². The lowest BCUT2D eigenvalue weighted by Crippen LogP contribution is -2.44. The Morgan fingerprint density at radius 1 is 1.04 bits per heavy atom. The van der Waals surface area contributed by atoms with E-state index in [1.165, 1.54) is 16.3 Å². The summed E-state index contributed by atoms with van der Waals surface area (Å²) in [5.41, 5.74) is 1.23. The van der Waals surface area contributed by atoms with Crippen molar-refractivity contribution in [3.63, 3.8) is 0 Å². The highest BCUT2D eigenvalue weighted by Gasteiger charge is 2.54. The van der Waals surface area contributed by atoms with Crippen LogP contribution in [0.25, 0.3) is 10.8 Å². The Kier molecular flexibility index (Phi) is 3.56. The molecule has 0 bridgehead atoms. The van der Waals surface area contributed by atoms with Crippen LogP contribution >= 0.6 is 0 Å². The van der Waals surface area contributed by atoms with Crippen LogP contribution in [0, 0.1) is 17.8 Å². The SMILES string of the molecule is O=C(O)C1C2CCCC2CN1C(=O)C1CC1c1cccc2ccccc12. The fraction of sp³-hybridized carbons (Fsp3) is 0.455. The summed E-state index contributed by atoms with van der Waals surface area (Å²) in [5.74, 6) is -0.0502. The smallest absolute Gasteiger partial charge is 0.326 e. The third kappa shape index (κ3) is 2.35. The lowest BCUT2D eigenvalue weighted by molar-refractivity contribution is -0.150. The first-order valence-electron chi connectivity index (χ1n) is 9.66. The summed E-state index contributed by atoms with van der Waals surface area (Å²) >= 11 is 0. The number of rotatable bonds is 3. The van der Waals surface area contributed by atoms with Crippen molar-refractivity contribution in [3.8, 4) is 0 Å². The summed E-state index contributed by atoms with van der Waals surface area (Å²) in [5, 5.41) is 12.1. The number of likely N-dealkylation sites (tertiary alicyclic amines) is 1. The molecule has 1 N–H and O–H groups in total. The topological polar surface area (TPSA) is 57.6 Å². The molecule has 26 heavy (non-hydrogen) atoms. The molecule has 1 amide bonds. The number of hydrogen-bond acceptors (Lipinski definition) is 2. The second-order valence-electron chi connectivity index (χ2n) is 8.15. The molecule has 1 heterocycles. The van der Waals surface area contributed by atoms with Gasteiger partial charge in [-0.15, -0.1) is 0 Å². The van der Waals surface area contributed by atoms with Crippen molar-refractivity contribution in [2.24, 2.45) is 17.8 Å². The van der Waals surface area contributed by atoms with Crippen LogP contribution in [0.3, 0.4) is 0 Å². The van der Waals surface area contributed by atoms with E-state index in [0.717, 1.165) is 25.7 Å². The van der Waals surface area contributed by atoms with Crippen molar-refractivity contribution >= 4 is 22.6 Å². The summed E-state index contributed by atoms with van der Waals surface area (Å²) in [6.07, 6.45) is 3.95. The Morgan fingerprint density at radius 2 is 1.85 bits per heavy atom. The van der Waals surface area contributed by atoms with Gasteiger partial charge in [0.1, 0.15) is 6.04 Å². The Labute approximate surface area is 152 Å². The lowest BCUT2D eigenvalue weighted by atomic mass is 9.94. The van der Waals surface area contributed by atoms with Crippen LogP contribution in [0.5, 0.6) is 0 Å². The maximum absolute atomic E-state index is 13.1. The standard InChI is InChI=1S/C22H23NO3/c24-21(23-12-14-7-4-9-16(14)20(23)22(25)26)19-11-18(19)17-10-3-6-13-5-1-2-8-15(13)17/h1-3,5-6,8,10,14,16,18-20H,4,7,9,11-12H2,(H,25,26). The first kappa shape index (κ1) is 15.9. The Balaban J connectivity index is 1.40. The summed E-state index contributed by atoms with van der Waals surface area (Å²) < 4.78 is 0. The van der Waals surface area contributed by atoms with E-state index < -0.39 is 12.0 Å². The van der Waals surface area contributed by atoms with E-state index >= 15 is 0 Å². The molecule has 3 aliphatic rings. The minimum atomic E-state index is -0.824. The predicted octanol–water partition coefficient (Wildman–Crippen LogP) is 3.66. The average molecular weight is 349 g/mol. The maximum Gasteiger partial charge on any atom is 0.326 e. The van der Waals surface area contributed by atoms with E-state index in [4.69, 9.17) is 0 Å². The Morgan fingerprint density at radius 3 is 2.69 bits per heavy atom. The number of benzene rings is 2. The average Bonchev–Trinajstić information content (AvgIpc) is 3.16. The number of carboxylic acid groups (broad SMARTS) is 1. The molecule has 2 aliphatic carbocycles. The number of carbonyl (C=O) groups is 2. The highest BCUT2D eigenvalue weighted by Crippen LogP contribution is 2.52. The zero-order valence-corrected chi connectivity index (χ0v) is 14.7. The highest BCUT2D eigenvalue weighted by atomic mass is 16.4. The van der Waals surface area contributed by atoms with Crippen LogP contribution in [0.2, 0.25) is 0 Å². The van der Waals surface area contributed by atoms with Gasteiger partial charge in [-0.2, -0.15) is 0 Å². The molecular formula is C22H23NO3. The van der Waals surface area contributed by atoms with E-state index in [1.807, 2.05) is 12.1 Å². The van der Waals surface area contributed by atoms with E-state index in [2.05, 4.69) is 30.3 Å². The summed E-state index contributed by atoms with van der Waals surface area (Å²) in [6.45, 7) is 0.638. The number of carboxylic acids is 1. The largest absolute Gasteiger partial charge is 0.480 e. The molecule has 1 aliphatic heterocycles. The van der Waals surface area contributed by atoms with Crippen LogP contribution in [-0.2, 0) is 9.59 Å². The Bertz CT molecular complexity index is 887. The van der Waals surface area contributed by atoms with Gasteiger partial charge >= 0.3 is 5.97 Å². The highest BCUT2D eigenvalue weighted by molar-refractivity contribution is 5.91. The molecular weight excluding hydrogens is 326 g/mol. The molecule has 2 saturated carbocycles. The molecule has 3 fully saturated rings. The molecule has 5 atom stereocenters. The second-order valence-corrected chi connectivity index (χ2v) is 8.15. The zero-order valence-electron chi connectivity index (χ0n) is 14.7. The number of nitrogens with zero attached hydrogens (tertiary/aromatic N) is 1.